The maximum Gasteiger partial charge on any atom is 0.257 e. The molecule has 2 heterocycles. The Morgan fingerprint density at radius 1 is 1.25 bits per heavy atom. The van der Waals surface area contributed by atoms with Crippen LogP contribution >= 0.6 is 11.3 Å². The Hall–Kier alpha value is -2.91. The van der Waals surface area contributed by atoms with Gasteiger partial charge in [-0.25, -0.2) is 13.4 Å². The van der Waals surface area contributed by atoms with E-state index in [0.29, 0.717) is 29.4 Å². The number of benzene rings is 2. The van der Waals surface area contributed by atoms with Gasteiger partial charge in [-0.1, -0.05) is 6.92 Å². The molecule has 0 fully saturated rings. The summed E-state index contributed by atoms with van der Waals surface area (Å²) >= 11 is 1.35. The topological polar surface area (TPSA) is 88.6 Å². The van der Waals surface area contributed by atoms with Crippen LogP contribution < -0.4 is 14.4 Å². The van der Waals surface area contributed by atoms with E-state index in [1.54, 1.807) is 18.2 Å². The van der Waals surface area contributed by atoms with Crippen molar-refractivity contribution in [2.24, 2.45) is 0 Å². The van der Waals surface area contributed by atoms with Gasteiger partial charge in [-0.05, 0) is 67.8 Å². The number of thiazole rings is 1. The highest BCUT2D eigenvalue weighted by atomic mass is 32.2. The molecule has 0 aliphatic carbocycles. The number of fused-ring (bicyclic) bond motifs is 1. The fourth-order valence-electron chi connectivity index (χ4n) is 3.82. The summed E-state index contributed by atoms with van der Waals surface area (Å²) in [5.41, 5.74) is 3.68. The Kier molecular flexibility index (Phi) is 6.21. The largest absolute Gasteiger partial charge is 0.494 e. The molecule has 9 heteroatoms. The maximum atomic E-state index is 12.8. The first-order valence-electron chi connectivity index (χ1n) is 10.4. The summed E-state index contributed by atoms with van der Waals surface area (Å²) < 4.78 is 31.2. The molecule has 2 aromatic carbocycles. The number of carbonyl (C=O) groups is 1. The van der Waals surface area contributed by atoms with Crippen molar-refractivity contribution < 1.29 is 17.9 Å². The van der Waals surface area contributed by atoms with Crippen molar-refractivity contribution in [3.63, 3.8) is 0 Å². The number of aromatic nitrogens is 1. The average Bonchev–Trinajstić information content (AvgIpc) is 3.35. The van der Waals surface area contributed by atoms with Gasteiger partial charge >= 0.3 is 0 Å². The molecule has 0 radical (unpaired) electrons. The molecule has 7 nitrogen and oxygen atoms in total. The number of rotatable bonds is 7. The van der Waals surface area contributed by atoms with Crippen LogP contribution in [0.25, 0.3) is 11.3 Å². The number of ether oxygens (including phenoxy) is 1. The van der Waals surface area contributed by atoms with E-state index in [1.165, 1.54) is 21.9 Å². The monoisotopic (exact) mass is 471 g/mol. The van der Waals surface area contributed by atoms with Crippen LogP contribution in [0.4, 0.5) is 10.8 Å². The van der Waals surface area contributed by atoms with Gasteiger partial charge in [0.25, 0.3) is 5.91 Å². The predicted octanol–water partition coefficient (Wildman–Crippen LogP) is 4.56. The van der Waals surface area contributed by atoms with Gasteiger partial charge < -0.3 is 4.74 Å². The van der Waals surface area contributed by atoms with Crippen molar-refractivity contribution in [3.05, 3.63) is 59.0 Å². The molecule has 0 bridgehead atoms. The summed E-state index contributed by atoms with van der Waals surface area (Å²) in [5, 5.41) is 5.24. The SMILES string of the molecule is CCCOc1ccc(-c2csc(NC(=O)c3ccc4c(c3)C[C@H](C)N4S(C)(=O)=O)n2)cc1. The second kappa shape index (κ2) is 8.91. The highest BCUT2D eigenvalue weighted by Gasteiger charge is 2.32. The molecule has 0 spiro atoms. The maximum absolute atomic E-state index is 12.8. The van der Waals surface area contributed by atoms with E-state index in [9.17, 15) is 13.2 Å². The minimum atomic E-state index is -3.36. The lowest BCUT2D eigenvalue weighted by Gasteiger charge is -2.21. The normalized spacial score (nSPS) is 15.5. The van der Waals surface area contributed by atoms with Gasteiger partial charge in [0.2, 0.25) is 10.0 Å². The summed E-state index contributed by atoms with van der Waals surface area (Å²) in [4.78, 5) is 17.3. The van der Waals surface area contributed by atoms with Crippen molar-refractivity contribution >= 4 is 38.1 Å². The van der Waals surface area contributed by atoms with Crippen molar-refractivity contribution in [2.45, 2.75) is 32.7 Å². The van der Waals surface area contributed by atoms with Crippen LogP contribution in [0.3, 0.4) is 0 Å². The van der Waals surface area contributed by atoms with E-state index >= 15 is 0 Å². The number of hydrogen-bond donors (Lipinski definition) is 1. The minimum absolute atomic E-state index is 0.168. The smallest absolute Gasteiger partial charge is 0.257 e. The molecule has 1 atom stereocenters. The van der Waals surface area contributed by atoms with E-state index in [-0.39, 0.29) is 11.9 Å². The predicted molar refractivity (Wildman–Crippen MR) is 128 cm³/mol. The molecule has 32 heavy (non-hydrogen) atoms. The Morgan fingerprint density at radius 2 is 2.00 bits per heavy atom. The molecule has 3 aromatic rings. The zero-order chi connectivity index (χ0) is 22.9. The highest BCUT2D eigenvalue weighted by Crippen LogP contribution is 2.35. The second-order valence-corrected chi connectivity index (χ2v) is 10.5. The molecule has 0 saturated heterocycles. The van der Waals surface area contributed by atoms with Crippen molar-refractivity contribution in [2.75, 3.05) is 22.5 Å². The summed E-state index contributed by atoms with van der Waals surface area (Å²) in [6, 6.07) is 12.6. The van der Waals surface area contributed by atoms with Gasteiger partial charge in [-0.15, -0.1) is 11.3 Å². The zero-order valence-electron chi connectivity index (χ0n) is 18.2. The molecule has 1 aliphatic heterocycles. The van der Waals surface area contributed by atoms with Crippen LogP contribution in [-0.4, -0.2) is 38.2 Å². The molecular weight excluding hydrogens is 446 g/mol. The fourth-order valence-corrected chi connectivity index (χ4v) is 5.80. The second-order valence-electron chi connectivity index (χ2n) is 7.82. The molecular formula is C23H25N3O4S2. The third-order valence-electron chi connectivity index (χ3n) is 5.20. The number of hydrogen-bond acceptors (Lipinski definition) is 6. The van der Waals surface area contributed by atoms with Gasteiger partial charge in [0.05, 0.1) is 24.2 Å². The van der Waals surface area contributed by atoms with Gasteiger partial charge in [0.1, 0.15) is 5.75 Å². The Balaban J connectivity index is 1.47. The summed E-state index contributed by atoms with van der Waals surface area (Å²) in [6.45, 7) is 4.60. The lowest BCUT2D eigenvalue weighted by molar-refractivity contribution is 0.102. The van der Waals surface area contributed by atoms with Crippen LogP contribution in [0.15, 0.2) is 47.8 Å². The number of amides is 1. The van der Waals surface area contributed by atoms with Crippen molar-refractivity contribution in [3.8, 4) is 17.0 Å². The van der Waals surface area contributed by atoms with Crippen LogP contribution in [0, 0.1) is 0 Å². The quantitative estimate of drug-likeness (QED) is 0.546. The molecule has 4 rings (SSSR count). The van der Waals surface area contributed by atoms with Gasteiger partial charge in [0, 0.05) is 22.5 Å². The molecule has 1 N–H and O–H groups in total. The van der Waals surface area contributed by atoms with E-state index in [1.807, 2.05) is 36.6 Å². The van der Waals surface area contributed by atoms with Gasteiger partial charge in [-0.3, -0.25) is 14.4 Å². The number of carbonyl (C=O) groups excluding carboxylic acids is 1. The number of anilines is 2. The first-order chi connectivity index (χ1) is 15.3. The van der Waals surface area contributed by atoms with E-state index in [2.05, 4.69) is 17.2 Å². The molecule has 1 amide bonds. The Bertz CT molecular complexity index is 1240. The lowest BCUT2D eigenvalue weighted by atomic mass is 10.1. The average molecular weight is 472 g/mol. The number of nitrogens with one attached hydrogen (secondary N) is 1. The number of nitrogens with zero attached hydrogens (tertiary/aromatic N) is 2. The first kappa shape index (κ1) is 22.3. The van der Waals surface area contributed by atoms with E-state index in [0.717, 1.165) is 29.0 Å². The Labute approximate surface area is 192 Å². The summed E-state index contributed by atoms with van der Waals surface area (Å²) in [7, 11) is -3.36. The molecule has 168 valence electrons. The van der Waals surface area contributed by atoms with Crippen molar-refractivity contribution in [1.29, 1.82) is 0 Å². The third-order valence-corrected chi connectivity index (χ3v) is 7.23. The van der Waals surface area contributed by atoms with E-state index < -0.39 is 10.0 Å². The van der Waals surface area contributed by atoms with Crippen molar-refractivity contribution in [1.82, 2.24) is 4.98 Å². The van der Waals surface area contributed by atoms with Gasteiger partial charge in [0.15, 0.2) is 5.13 Å². The van der Waals surface area contributed by atoms with Crippen LogP contribution in [0.2, 0.25) is 0 Å². The summed E-state index contributed by atoms with van der Waals surface area (Å²) in [6.07, 6.45) is 2.73. The number of sulfonamides is 1. The highest BCUT2D eigenvalue weighted by molar-refractivity contribution is 7.92. The molecule has 1 aromatic heterocycles. The first-order valence-corrected chi connectivity index (χ1v) is 13.1. The van der Waals surface area contributed by atoms with Crippen LogP contribution in [0.5, 0.6) is 5.75 Å². The van der Waals surface area contributed by atoms with Crippen LogP contribution in [-0.2, 0) is 16.4 Å². The molecule has 1 aliphatic rings. The standard InChI is InChI=1S/C23H25N3O4S2/c1-4-11-30-19-8-5-16(6-9-19)20-14-31-23(24-20)25-22(27)17-7-10-21-18(13-17)12-15(2)26(21)32(3,28)29/h5-10,13-15H,4,11-12H2,1-3H3,(H,24,25,27)/t15-/m0/s1. The molecule has 0 unspecified atom stereocenters. The van der Waals surface area contributed by atoms with Gasteiger partial charge in [-0.2, -0.15) is 0 Å². The zero-order valence-corrected chi connectivity index (χ0v) is 19.8. The Morgan fingerprint density at radius 3 is 2.69 bits per heavy atom. The van der Waals surface area contributed by atoms with Crippen LogP contribution in [0.1, 0.15) is 36.2 Å². The minimum Gasteiger partial charge on any atom is -0.494 e. The third kappa shape index (κ3) is 4.63. The lowest BCUT2D eigenvalue weighted by Crippen LogP contribution is -2.34. The fraction of sp³-hybridized carbons (Fsp3) is 0.304. The summed E-state index contributed by atoms with van der Waals surface area (Å²) in [5.74, 6) is 0.544. The molecule has 0 saturated carbocycles. The van der Waals surface area contributed by atoms with E-state index in [4.69, 9.17) is 4.74 Å².